The summed E-state index contributed by atoms with van der Waals surface area (Å²) in [5.74, 6) is -4.50. The first-order valence-corrected chi connectivity index (χ1v) is 45.3. The average Bonchev–Trinajstić information content (AvgIpc) is 0.754. The number of nitrogens with zero attached hydrogens (tertiary/aromatic N) is 1. The minimum absolute atomic E-state index is 0.0119. The smallest absolute Gasteiger partial charge is 0.313 e. The molecule has 1 spiro atoms. The first-order chi connectivity index (χ1) is 41.5. The third kappa shape index (κ3) is 23.1. The van der Waals surface area contributed by atoms with Gasteiger partial charge >= 0.3 is 11.9 Å². The van der Waals surface area contributed by atoms with E-state index < -0.39 is 117 Å². The zero-order valence-electron chi connectivity index (χ0n) is 61.4. The maximum absolute atomic E-state index is 14.6. The molecule has 15 atom stereocenters. The number of aliphatic hydroxyl groups excluding tert-OH is 1. The van der Waals surface area contributed by atoms with Crippen molar-refractivity contribution in [1.29, 1.82) is 5.26 Å². The second-order valence-electron chi connectivity index (χ2n) is 33.0. The molecule has 1 unspecified atom stereocenters. The fraction of sp³-hybridized carbons (Fsp3) is 0.764. The van der Waals surface area contributed by atoms with Crippen LogP contribution in [0.3, 0.4) is 0 Å². The summed E-state index contributed by atoms with van der Waals surface area (Å²) in [6, 6.07) is 2.65. The van der Waals surface area contributed by atoms with Crippen LogP contribution in [-0.4, -0.2) is 136 Å². The van der Waals surface area contributed by atoms with E-state index >= 15 is 0 Å². The van der Waals surface area contributed by atoms with Gasteiger partial charge < -0.3 is 56.0 Å². The van der Waals surface area contributed by atoms with Crippen LogP contribution in [0.15, 0.2) is 85.1 Å². The topological polar surface area (TPSA) is 180 Å². The minimum atomic E-state index is -2.60. The monoisotopic (exact) mass is 1340 g/mol. The summed E-state index contributed by atoms with van der Waals surface area (Å²) in [5, 5.41) is 22.7. The van der Waals surface area contributed by atoms with Gasteiger partial charge in [-0.3, -0.25) is 9.59 Å². The van der Waals surface area contributed by atoms with Crippen LogP contribution in [0.25, 0.3) is 0 Å². The van der Waals surface area contributed by atoms with E-state index in [1.807, 2.05) is 94.5 Å². The number of hydrogen-bond acceptors (Lipinski definition) is 15. The Labute approximate surface area is 556 Å². The molecule has 4 rings (SSSR count). The Morgan fingerprint density at radius 3 is 1.58 bits per heavy atom. The van der Waals surface area contributed by atoms with Gasteiger partial charge in [-0.2, -0.15) is 5.26 Å². The number of rotatable bonds is 9. The number of allylic oxidation sites excluding steroid dienone is 12. The van der Waals surface area contributed by atoms with Crippen molar-refractivity contribution in [1.82, 2.24) is 0 Å². The molecule has 19 heteroatoms. The van der Waals surface area contributed by atoms with Crippen molar-refractivity contribution < 1.29 is 65.6 Å². The zero-order valence-corrected chi connectivity index (χ0v) is 65.4. The van der Waals surface area contributed by atoms with Gasteiger partial charge in [-0.15, -0.1) is 0 Å². The van der Waals surface area contributed by atoms with Crippen LogP contribution in [0, 0.1) is 29.1 Å². The molecule has 0 aromatic carbocycles. The van der Waals surface area contributed by atoms with Crippen LogP contribution in [0.1, 0.15) is 176 Å². The predicted molar refractivity (Wildman–Crippen MR) is 376 cm³/mol. The normalized spacial score (nSPS) is 33.2. The van der Waals surface area contributed by atoms with Gasteiger partial charge in [0.1, 0.15) is 12.0 Å². The number of aliphatic hydroxyl groups is 1. The van der Waals surface area contributed by atoms with Gasteiger partial charge in [0.05, 0.1) is 68.4 Å². The summed E-state index contributed by atoms with van der Waals surface area (Å²) in [7, 11) is -8.64. The van der Waals surface area contributed by atoms with E-state index in [1.165, 1.54) is 7.11 Å². The molecule has 15 nitrogen and oxygen atoms in total. The molecule has 1 N–H and O–H groups in total. The molecule has 518 valence electrons. The molecule has 4 heterocycles. The molecule has 0 amide bonds. The third-order valence-corrected chi connectivity index (χ3v) is 38.8. The highest BCUT2D eigenvalue weighted by Crippen LogP contribution is 2.50. The average molecular weight is 1340 g/mol. The summed E-state index contributed by atoms with van der Waals surface area (Å²) >= 11 is 0. The van der Waals surface area contributed by atoms with Gasteiger partial charge in [-0.05, 0) is 125 Å². The summed E-state index contributed by atoms with van der Waals surface area (Å²) < 4.78 is 75.7. The Kier molecular flexibility index (Phi) is 28.3. The molecular weight excluding hydrogens is 1220 g/mol. The molecule has 4 aliphatic heterocycles. The number of esters is 2. The lowest BCUT2D eigenvalue weighted by atomic mass is 9.81. The quantitative estimate of drug-likeness (QED) is 0.170. The fourth-order valence-corrected chi connectivity index (χ4v) is 16.9. The number of fused-ring (bicyclic) bond motifs is 4. The summed E-state index contributed by atoms with van der Waals surface area (Å²) in [6.07, 6.45) is 22.0. The van der Waals surface area contributed by atoms with E-state index in [0.717, 1.165) is 0 Å². The van der Waals surface area contributed by atoms with Crippen molar-refractivity contribution in [2.24, 2.45) is 17.8 Å². The molecule has 0 aromatic rings. The van der Waals surface area contributed by atoms with Gasteiger partial charge in [0.25, 0.3) is 0 Å². The molecule has 0 saturated carbocycles. The van der Waals surface area contributed by atoms with E-state index in [4.69, 9.17) is 50.9 Å². The van der Waals surface area contributed by atoms with Crippen LogP contribution in [0.4, 0.5) is 0 Å². The standard InChI is InChI=1S/C72H125NO14Si4/c1-51-40-38-36-34-32-30-28-29-31-33-35-37-39-41-55(74)44-59-63(65(76)77-19)61(85-90(24,25)68(11,12)13)49-72(82-59)48-60(79-54(4)80-72)58(84-89(22,23)67(8,9)10)42-43-71(50-73)47-57(81-70(17,18)87-71)45-56(83-88(20,21)66(5,6)7)46-62(75)78-53(3)52(2)64(51)86-91(26,27)69(14,15)16/h28-41,51-61,63-64,74H,42-49H2,1-27H3/t51-,52-,53-,54?,55-,56+,57-,58+,59-,60+,61-,63-,64+,71+,72+/m0/s1. The predicted octanol–water partition coefficient (Wildman–Crippen LogP) is 17.2. The van der Waals surface area contributed by atoms with Gasteiger partial charge in [0.2, 0.25) is 0 Å². The van der Waals surface area contributed by atoms with Gasteiger partial charge in [-0.1, -0.05) is 182 Å². The van der Waals surface area contributed by atoms with E-state index in [9.17, 15) is 20.0 Å². The van der Waals surface area contributed by atoms with E-state index in [2.05, 4.69) is 161 Å². The van der Waals surface area contributed by atoms with Crippen LogP contribution in [-0.2, 0) is 60.5 Å². The molecular formula is C72H125NO14Si4. The van der Waals surface area contributed by atoms with Crippen LogP contribution in [0.5, 0.6) is 0 Å². The van der Waals surface area contributed by atoms with Gasteiger partial charge in [0, 0.05) is 31.6 Å². The lowest BCUT2D eigenvalue weighted by molar-refractivity contribution is -0.398. The van der Waals surface area contributed by atoms with Crippen molar-refractivity contribution in [2.75, 3.05) is 7.11 Å². The fourth-order valence-electron chi connectivity index (χ4n) is 11.4. The highest BCUT2D eigenvalue weighted by Gasteiger charge is 2.59. The number of hydrogen-bond donors (Lipinski definition) is 1. The Balaban J connectivity index is 1.90. The van der Waals surface area contributed by atoms with Gasteiger partial charge in [0.15, 0.2) is 56.7 Å². The molecule has 4 aliphatic rings. The van der Waals surface area contributed by atoms with Crippen LogP contribution < -0.4 is 0 Å². The number of methoxy groups -OCH3 is 1. The number of nitriles is 1. The highest BCUT2D eigenvalue weighted by atomic mass is 28.4. The molecule has 3 fully saturated rings. The van der Waals surface area contributed by atoms with Crippen LogP contribution in [0.2, 0.25) is 72.5 Å². The van der Waals surface area contributed by atoms with E-state index in [1.54, 1.807) is 12.2 Å². The van der Waals surface area contributed by atoms with Crippen molar-refractivity contribution in [2.45, 2.75) is 327 Å². The Morgan fingerprint density at radius 2 is 1.09 bits per heavy atom. The largest absolute Gasteiger partial charge is 0.469 e. The maximum atomic E-state index is 14.6. The van der Waals surface area contributed by atoms with Crippen molar-refractivity contribution in [3.05, 3.63) is 85.1 Å². The zero-order chi connectivity index (χ0) is 69.2. The highest BCUT2D eigenvalue weighted by molar-refractivity contribution is 6.75. The number of ether oxygens (including phenoxy) is 7. The molecule has 3 saturated heterocycles. The molecule has 0 aromatic heterocycles. The second-order valence-corrected chi connectivity index (χ2v) is 52.0. The van der Waals surface area contributed by atoms with Gasteiger partial charge in [-0.25, -0.2) is 0 Å². The molecule has 5 bridgehead atoms. The van der Waals surface area contributed by atoms with Crippen LogP contribution >= 0.6 is 0 Å². The van der Waals surface area contributed by atoms with Crippen molar-refractivity contribution in [3.63, 3.8) is 0 Å². The Morgan fingerprint density at radius 1 is 0.615 bits per heavy atom. The lowest BCUT2D eigenvalue weighted by Gasteiger charge is -2.54. The minimum Gasteiger partial charge on any atom is -0.469 e. The number of carbonyl (C=O) groups excluding carboxylic acids is 2. The van der Waals surface area contributed by atoms with E-state index in [-0.39, 0.29) is 82.6 Å². The number of carbonyl (C=O) groups is 2. The Hall–Kier alpha value is -2.92. The molecule has 91 heavy (non-hydrogen) atoms. The summed E-state index contributed by atoms with van der Waals surface area (Å²) in [6.45, 7) is 55.8. The summed E-state index contributed by atoms with van der Waals surface area (Å²) in [4.78, 5) is 28.8. The SMILES string of the molecule is COC(=O)[C@H]1[C@@H]2C[C@@H](O)C=CC=CC=CC=CC=CC=CC=C[C@H](C)[C@@H](O[Si](C)(C)C(C)(C)C)[C@@H](C)[C@H](C)OC(=O)C[C@H](O[Si](C)(C)C(C)(C)C)C[C@H]3C[C@@](C#N)(CC[C@@H](O[Si](C)(C)C(C)(C)C)[C@H]4C[C@@](C[C@@H]1O[Si](C)(C)C(C)(C)C)(OC(C)O4)O2)OC(C)(C)O3. The second kappa shape index (κ2) is 32.0. The number of cyclic esters (lactones) is 1. The first-order valence-electron chi connectivity index (χ1n) is 33.7. The first kappa shape index (κ1) is 80.5. The maximum Gasteiger partial charge on any atom is 0.313 e. The lowest BCUT2D eigenvalue weighted by Crippen LogP contribution is -2.63. The molecule has 0 radical (unpaired) electrons. The molecule has 0 aliphatic carbocycles. The van der Waals surface area contributed by atoms with Crippen molar-refractivity contribution >= 4 is 45.2 Å². The van der Waals surface area contributed by atoms with Crippen molar-refractivity contribution in [3.8, 4) is 6.07 Å². The summed E-state index contributed by atoms with van der Waals surface area (Å²) in [5.41, 5.74) is -1.36. The van der Waals surface area contributed by atoms with E-state index in [0.29, 0.717) is 12.8 Å². The Bertz CT molecular complexity index is 2630. The third-order valence-electron chi connectivity index (χ3n) is 20.8.